The number of nitrogens with zero attached hydrogens (tertiary/aromatic N) is 3. The molecule has 0 aliphatic rings. The lowest BCUT2D eigenvalue weighted by Crippen LogP contribution is -2.33. The van der Waals surface area contributed by atoms with Crippen LogP contribution in [0.25, 0.3) is 10.9 Å². The van der Waals surface area contributed by atoms with Gasteiger partial charge in [-0.25, -0.2) is 0 Å². The molecular formula is C13H18N4O. The van der Waals surface area contributed by atoms with E-state index in [4.69, 9.17) is 0 Å². The zero-order chi connectivity index (χ0) is 13.1. The molecular weight excluding hydrogens is 228 g/mol. The summed E-state index contributed by atoms with van der Waals surface area (Å²) < 4.78 is 0. The predicted octanol–water partition coefficient (Wildman–Crippen LogP) is 1.20. The molecule has 1 N–H and O–H groups in total. The largest absolute Gasteiger partial charge is 0.340 e. The molecule has 0 atom stereocenters. The van der Waals surface area contributed by atoms with Gasteiger partial charge in [0, 0.05) is 31.1 Å². The van der Waals surface area contributed by atoms with Crippen molar-refractivity contribution in [3.8, 4) is 0 Å². The van der Waals surface area contributed by atoms with Gasteiger partial charge in [0.05, 0.1) is 11.7 Å². The van der Waals surface area contributed by atoms with Crippen LogP contribution in [0.1, 0.15) is 10.4 Å². The third-order valence-electron chi connectivity index (χ3n) is 2.92. The molecule has 0 aliphatic carbocycles. The molecule has 5 nitrogen and oxygen atoms in total. The lowest BCUT2D eigenvalue weighted by atomic mass is 10.1. The molecule has 0 spiro atoms. The van der Waals surface area contributed by atoms with Gasteiger partial charge in [-0.05, 0) is 32.3 Å². The van der Waals surface area contributed by atoms with Crippen molar-refractivity contribution in [2.24, 2.45) is 0 Å². The molecule has 0 unspecified atom stereocenters. The van der Waals surface area contributed by atoms with E-state index in [0.717, 1.165) is 24.0 Å². The highest BCUT2D eigenvalue weighted by molar-refractivity contribution is 5.97. The van der Waals surface area contributed by atoms with Crippen molar-refractivity contribution in [1.29, 1.82) is 0 Å². The minimum Gasteiger partial charge on any atom is -0.340 e. The van der Waals surface area contributed by atoms with E-state index in [1.165, 1.54) is 0 Å². The van der Waals surface area contributed by atoms with Gasteiger partial charge in [0.15, 0.2) is 0 Å². The minimum atomic E-state index is 0.0416. The first-order valence-corrected chi connectivity index (χ1v) is 5.91. The highest BCUT2D eigenvalue weighted by atomic mass is 16.2. The van der Waals surface area contributed by atoms with Crippen LogP contribution in [0.15, 0.2) is 24.4 Å². The number of H-pyrrole nitrogens is 1. The quantitative estimate of drug-likeness (QED) is 0.882. The van der Waals surface area contributed by atoms with Crippen LogP contribution in [0.2, 0.25) is 0 Å². The smallest absolute Gasteiger partial charge is 0.253 e. The fraction of sp³-hybridized carbons (Fsp3) is 0.385. The number of rotatable bonds is 4. The van der Waals surface area contributed by atoms with Crippen molar-refractivity contribution in [3.05, 3.63) is 30.0 Å². The predicted molar refractivity (Wildman–Crippen MR) is 71.6 cm³/mol. The first-order chi connectivity index (χ1) is 8.58. The van der Waals surface area contributed by atoms with E-state index in [1.54, 1.807) is 11.1 Å². The number of aromatic nitrogens is 2. The summed E-state index contributed by atoms with van der Waals surface area (Å²) in [7, 11) is 5.82. The topological polar surface area (TPSA) is 52.2 Å². The lowest BCUT2D eigenvalue weighted by molar-refractivity contribution is 0.0786. The van der Waals surface area contributed by atoms with Crippen molar-refractivity contribution in [2.75, 3.05) is 34.2 Å². The highest BCUT2D eigenvalue weighted by Gasteiger charge is 2.12. The third kappa shape index (κ3) is 2.68. The number of nitrogens with one attached hydrogen (secondary N) is 1. The molecule has 0 bridgehead atoms. The average Bonchev–Trinajstić information content (AvgIpc) is 2.81. The fourth-order valence-corrected chi connectivity index (χ4v) is 1.75. The van der Waals surface area contributed by atoms with E-state index in [-0.39, 0.29) is 5.91 Å². The Morgan fingerprint density at radius 2 is 2.06 bits per heavy atom. The van der Waals surface area contributed by atoms with Gasteiger partial charge < -0.3 is 9.80 Å². The Hall–Kier alpha value is -1.88. The van der Waals surface area contributed by atoms with Gasteiger partial charge in [-0.15, -0.1) is 0 Å². The first kappa shape index (κ1) is 12.6. The fourth-order valence-electron chi connectivity index (χ4n) is 1.75. The van der Waals surface area contributed by atoms with Crippen molar-refractivity contribution >= 4 is 16.8 Å². The Balaban J connectivity index is 2.12. The molecule has 96 valence electrons. The van der Waals surface area contributed by atoms with Crippen LogP contribution in [0, 0.1) is 0 Å². The van der Waals surface area contributed by atoms with Crippen LogP contribution in [0.4, 0.5) is 0 Å². The molecule has 1 heterocycles. The van der Waals surface area contributed by atoms with Gasteiger partial charge in [-0.2, -0.15) is 5.10 Å². The second-order valence-corrected chi connectivity index (χ2v) is 4.70. The summed E-state index contributed by atoms with van der Waals surface area (Å²) in [6, 6.07) is 5.58. The monoisotopic (exact) mass is 246 g/mol. The average molecular weight is 246 g/mol. The Bertz CT molecular complexity index is 547. The number of carbonyl (C=O) groups is 1. The number of aromatic amines is 1. The van der Waals surface area contributed by atoms with Crippen molar-refractivity contribution < 1.29 is 4.79 Å². The molecule has 5 heteroatoms. The summed E-state index contributed by atoms with van der Waals surface area (Å²) in [6.07, 6.45) is 1.73. The summed E-state index contributed by atoms with van der Waals surface area (Å²) in [4.78, 5) is 16.0. The van der Waals surface area contributed by atoms with Gasteiger partial charge in [0.1, 0.15) is 0 Å². The van der Waals surface area contributed by atoms with Crippen molar-refractivity contribution in [1.82, 2.24) is 20.0 Å². The molecule has 2 aromatic rings. The molecule has 18 heavy (non-hydrogen) atoms. The summed E-state index contributed by atoms with van der Waals surface area (Å²) in [5.41, 5.74) is 1.65. The summed E-state index contributed by atoms with van der Waals surface area (Å²) in [6.45, 7) is 1.57. The minimum absolute atomic E-state index is 0.0416. The molecule has 2 rings (SSSR count). The van der Waals surface area contributed by atoms with Crippen LogP contribution < -0.4 is 0 Å². The maximum absolute atomic E-state index is 12.2. The molecule has 0 saturated carbocycles. The summed E-state index contributed by atoms with van der Waals surface area (Å²) in [5, 5.41) is 7.78. The molecule has 1 aromatic carbocycles. The van der Waals surface area contributed by atoms with Crippen LogP contribution in [-0.4, -0.2) is 60.1 Å². The summed E-state index contributed by atoms with van der Waals surface area (Å²) >= 11 is 0. The Kier molecular flexibility index (Phi) is 3.62. The third-order valence-corrected chi connectivity index (χ3v) is 2.92. The number of fused-ring (bicyclic) bond motifs is 1. The van der Waals surface area contributed by atoms with E-state index < -0.39 is 0 Å². The second-order valence-electron chi connectivity index (χ2n) is 4.70. The zero-order valence-electron chi connectivity index (χ0n) is 11.0. The number of hydrogen-bond acceptors (Lipinski definition) is 3. The lowest BCUT2D eigenvalue weighted by Gasteiger charge is -2.19. The number of benzene rings is 1. The SMILES string of the molecule is CN(C)CCN(C)C(=O)c1ccc2[nH]ncc2c1. The van der Waals surface area contributed by atoms with Gasteiger partial charge >= 0.3 is 0 Å². The van der Waals surface area contributed by atoms with Crippen LogP contribution >= 0.6 is 0 Å². The van der Waals surface area contributed by atoms with Crippen LogP contribution in [0.3, 0.4) is 0 Å². The van der Waals surface area contributed by atoms with Gasteiger partial charge in [0.25, 0.3) is 5.91 Å². The van der Waals surface area contributed by atoms with Crippen LogP contribution in [0.5, 0.6) is 0 Å². The van der Waals surface area contributed by atoms with E-state index in [2.05, 4.69) is 15.1 Å². The number of likely N-dealkylation sites (N-methyl/N-ethyl adjacent to an activating group) is 2. The van der Waals surface area contributed by atoms with E-state index >= 15 is 0 Å². The standard InChI is InChI=1S/C13H18N4O/c1-16(2)6-7-17(3)13(18)10-4-5-12-11(8-10)9-14-15-12/h4-5,8-9H,6-7H2,1-3H3,(H,14,15). The number of carbonyl (C=O) groups excluding carboxylic acids is 1. The Labute approximate surface area is 106 Å². The van der Waals surface area contributed by atoms with E-state index in [0.29, 0.717) is 5.56 Å². The number of amides is 1. The molecule has 0 aliphatic heterocycles. The Morgan fingerprint density at radius 3 is 2.78 bits per heavy atom. The maximum atomic E-state index is 12.2. The zero-order valence-corrected chi connectivity index (χ0v) is 11.0. The normalized spacial score (nSPS) is 11.1. The van der Waals surface area contributed by atoms with E-state index in [1.807, 2.05) is 39.3 Å². The number of hydrogen-bond donors (Lipinski definition) is 1. The van der Waals surface area contributed by atoms with Crippen molar-refractivity contribution in [3.63, 3.8) is 0 Å². The molecule has 0 radical (unpaired) electrons. The molecule has 1 amide bonds. The maximum Gasteiger partial charge on any atom is 0.253 e. The van der Waals surface area contributed by atoms with Gasteiger partial charge in [0.2, 0.25) is 0 Å². The Morgan fingerprint density at radius 1 is 1.28 bits per heavy atom. The van der Waals surface area contributed by atoms with E-state index in [9.17, 15) is 4.79 Å². The highest BCUT2D eigenvalue weighted by Crippen LogP contribution is 2.14. The molecule has 0 fully saturated rings. The van der Waals surface area contributed by atoms with Crippen LogP contribution in [-0.2, 0) is 0 Å². The summed E-state index contributed by atoms with van der Waals surface area (Å²) in [5.74, 6) is 0.0416. The molecule has 0 saturated heterocycles. The second kappa shape index (κ2) is 5.18. The van der Waals surface area contributed by atoms with Gasteiger partial charge in [-0.3, -0.25) is 9.89 Å². The molecule has 1 aromatic heterocycles. The van der Waals surface area contributed by atoms with Crippen molar-refractivity contribution in [2.45, 2.75) is 0 Å². The van der Waals surface area contributed by atoms with Gasteiger partial charge in [-0.1, -0.05) is 0 Å². The first-order valence-electron chi connectivity index (χ1n) is 5.91.